The van der Waals surface area contributed by atoms with E-state index in [-0.39, 0.29) is 11.3 Å². The molecule has 0 spiro atoms. The van der Waals surface area contributed by atoms with Gasteiger partial charge in [-0.3, -0.25) is 14.6 Å². The van der Waals surface area contributed by atoms with Crippen molar-refractivity contribution < 1.29 is 14.7 Å². The number of pyridine rings is 1. The topological polar surface area (TPSA) is 88.3 Å². The molecule has 0 aliphatic carbocycles. The Kier molecular flexibility index (Phi) is 5.43. The maximum absolute atomic E-state index is 12.9. The van der Waals surface area contributed by atoms with Crippen LogP contribution in [0.25, 0.3) is 5.76 Å². The van der Waals surface area contributed by atoms with E-state index in [0.29, 0.717) is 25.1 Å². The number of rotatable bonds is 6. The Bertz CT molecular complexity index is 1070. The van der Waals surface area contributed by atoms with Crippen molar-refractivity contribution in [1.82, 2.24) is 19.4 Å². The van der Waals surface area contributed by atoms with E-state index in [1.165, 1.54) is 4.90 Å². The number of aryl methyl sites for hydroxylation is 2. The van der Waals surface area contributed by atoms with E-state index in [4.69, 9.17) is 0 Å². The van der Waals surface area contributed by atoms with Gasteiger partial charge in [0.15, 0.2) is 0 Å². The van der Waals surface area contributed by atoms with Crippen molar-refractivity contribution in [1.29, 1.82) is 0 Å². The summed E-state index contributed by atoms with van der Waals surface area (Å²) in [6.45, 7) is 2.99. The summed E-state index contributed by atoms with van der Waals surface area (Å²) in [5, 5.41) is 11.0. The summed E-state index contributed by atoms with van der Waals surface area (Å²) < 4.78 is 1.92. The fraction of sp³-hybridized carbons (Fsp3) is 0.217. The van der Waals surface area contributed by atoms with E-state index in [1.54, 1.807) is 49.2 Å². The summed E-state index contributed by atoms with van der Waals surface area (Å²) in [5.41, 5.74) is 2.39. The van der Waals surface area contributed by atoms with E-state index in [1.807, 2.05) is 29.8 Å². The molecule has 1 atom stereocenters. The Morgan fingerprint density at radius 3 is 2.40 bits per heavy atom. The van der Waals surface area contributed by atoms with Gasteiger partial charge >= 0.3 is 0 Å². The van der Waals surface area contributed by atoms with E-state index < -0.39 is 17.7 Å². The van der Waals surface area contributed by atoms with Gasteiger partial charge in [-0.25, -0.2) is 4.98 Å². The molecule has 0 bridgehead atoms. The first kappa shape index (κ1) is 19.6. The lowest BCUT2D eigenvalue weighted by Gasteiger charge is -2.25. The molecule has 3 heterocycles. The Morgan fingerprint density at radius 1 is 1.00 bits per heavy atom. The molecule has 4 rings (SSSR count). The Hall–Kier alpha value is -3.74. The van der Waals surface area contributed by atoms with Crippen LogP contribution in [0.2, 0.25) is 0 Å². The normalized spacial score (nSPS) is 18.2. The van der Waals surface area contributed by atoms with Gasteiger partial charge in [0, 0.05) is 43.4 Å². The average molecular weight is 402 g/mol. The summed E-state index contributed by atoms with van der Waals surface area (Å²) in [4.78, 5) is 35.4. The van der Waals surface area contributed by atoms with Crippen molar-refractivity contribution >= 4 is 17.4 Å². The van der Waals surface area contributed by atoms with Crippen LogP contribution in [0.5, 0.6) is 0 Å². The van der Waals surface area contributed by atoms with Crippen LogP contribution in [-0.2, 0) is 16.1 Å². The van der Waals surface area contributed by atoms with Crippen LogP contribution in [0.15, 0.2) is 73.1 Å². The van der Waals surface area contributed by atoms with E-state index in [9.17, 15) is 14.7 Å². The fourth-order valence-corrected chi connectivity index (χ4v) is 3.71. The molecule has 1 aromatic carbocycles. The fourth-order valence-electron chi connectivity index (χ4n) is 3.71. The highest BCUT2D eigenvalue weighted by Crippen LogP contribution is 2.39. The summed E-state index contributed by atoms with van der Waals surface area (Å²) >= 11 is 0. The molecule has 30 heavy (non-hydrogen) atoms. The molecule has 1 unspecified atom stereocenters. The first-order chi connectivity index (χ1) is 14.6. The van der Waals surface area contributed by atoms with E-state index >= 15 is 0 Å². The van der Waals surface area contributed by atoms with Crippen LogP contribution in [0.3, 0.4) is 0 Å². The molecule has 152 valence electrons. The molecule has 2 aromatic heterocycles. The first-order valence-corrected chi connectivity index (χ1v) is 9.77. The van der Waals surface area contributed by atoms with Crippen molar-refractivity contribution in [3.63, 3.8) is 0 Å². The molecule has 1 saturated heterocycles. The predicted octanol–water partition coefficient (Wildman–Crippen LogP) is 3.10. The van der Waals surface area contributed by atoms with Gasteiger partial charge in [-0.15, -0.1) is 0 Å². The number of amides is 1. The number of hydrogen-bond donors (Lipinski definition) is 1. The lowest BCUT2D eigenvalue weighted by Crippen LogP contribution is -2.31. The van der Waals surface area contributed by atoms with Crippen molar-refractivity contribution in [2.24, 2.45) is 0 Å². The number of aromatic nitrogens is 3. The second-order valence-corrected chi connectivity index (χ2v) is 7.29. The largest absolute Gasteiger partial charge is 0.507 e. The molecule has 1 aliphatic rings. The van der Waals surface area contributed by atoms with Gasteiger partial charge < -0.3 is 14.6 Å². The molecule has 0 radical (unpaired) electrons. The molecule has 7 nitrogen and oxygen atoms in total. The van der Waals surface area contributed by atoms with Crippen molar-refractivity contribution in [3.05, 3.63) is 89.8 Å². The third kappa shape index (κ3) is 3.74. The number of imidazole rings is 1. The highest BCUT2D eigenvalue weighted by Gasteiger charge is 2.45. The summed E-state index contributed by atoms with van der Waals surface area (Å²) in [6.07, 6.45) is 9.15. The van der Waals surface area contributed by atoms with Crippen molar-refractivity contribution in [2.75, 3.05) is 6.54 Å². The summed E-state index contributed by atoms with van der Waals surface area (Å²) in [5.74, 6) is -1.43. The molecular weight excluding hydrogens is 380 g/mol. The van der Waals surface area contributed by atoms with Gasteiger partial charge in [0.25, 0.3) is 11.7 Å². The maximum atomic E-state index is 12.9. The van der Waals surface area contributed by atoms with Crippen molar-refractivity contribution in [2.45, 2.75) is 25.9 Å². The number of carbonyl (C=O) groups excluding carboxylic acids is 2. The van der Waals surface area contributed by atoms with Gasteiger partial charge in [-0.05, 0) is 31.0 Å². The lowest BCUT2D eigenvalue weighted by atomic mass is 9.95. The minimum atomic E-state index is -0.669. The molecule has 1 amide bonds. The van der Waals surface area contributed by atoms with Crippen LogP contribution < -0.4 is 0 Å². The minimum Gasteiger partial charge on any atom is -0.507 e. The standard InChI is InChI=1S/C23H22N4O3/c1-16-3-5-18(6-4-16)21(28)19-20(17-7-9-24-10-8-17)27(23(30)22(19)29)13-2-12-26-14-11-25-15-26/h3-11,14-15,20,28H,2,12-13H2,1H3/b21-19-. The number of aliphatic hydroxyl groups excluding tert-OH is 1. The number of hydrogen-bond acceptors (Lipinski definition) is 5. The Morgan fingerprint density at radius 2 is 1.73 bits per heavy atom. The number of Topliss-reactive ketones (excluding diaryl/α,β-unsaturated/α-hetero) is 1. The molecule has 7 heteroatoms. The zero-order valence-corrected chi connectivity index (χ0v) is 16.6. The lowest BCUT2D eigenvalue weighted by molar-refractivity contribution is -0.139. The second kappa shape index (κ2) is 8.32. The molecule has 1 aliphatic heterocycles. The predicted molar refractivity (Wildman–Crippen MR) is 111 cm³/mol. The zero-order chi connectivity index (χ0) is 21.1. The van der Waals surface area contributed by atoms with E-state index in [0.717, 1.165) is 11.1 Å². The minimum absolute atomic E-state index is 0.109. The highest BCUT2D eigenvalue weighted by molar-refractivity contribution is 6.46. The van der Waals surface area contributed by atoms with E-state index in [2.05, 4.69) is 9.97 Å². The van der Waals surface area contributed by atoms with Gasteiger partial charge in [0.05, 0.1) is 17.9 Å². The first-order valence-electron chi connectivity index (χ1n) is 9.77. The SMILES string of the molecule is Cc1ccc(/C(O)=C2/C(=O)C(=O)N(CCCn3ccnc3)C2c2ccncc2)cc1. The molecule has 1 N–H and O–H groups in total. The second-order valence-electron chi connectivity index (χ2n) is 7.29. The highest BCUT2D eigenvalue weighted by atomic mass is 16.3. The van der Waals surface area contributed by atoms with Crippen LogP contribution in [0.4, 0.5) is 0 Å². The van der Waals surface area contributed by atoms with Crippen LogP contribution in [-0.4, -0.2) is 42.8 Å². The summed E-state index contributed by atoms with van der Waals surface area (Å²) in [7, 11) is 0. The Labute approximate surface area is 174 Å². The van der Waals surface area contributed by atoms with Gasteiger partial charge in [-0.2, -0.15) is 0 Å². The van der Waals surface area contributed by atoms with Gasteiger partial charge in [0.2, 0.25) is 0 Å². The zero-order valence-electron chi connectivity index (χ0n) is 16.6. The molecular formula is C23H22N4O3. The number of benzene rings is 1. The van der Waals surface area contributed by atoms with Crippen molar-refractivity contribution in [3.8, 4) is 0 Å². The number of likely N-dealkylation sites (tertiary alicyclic amines) is 1. The van der Waals surface area contributed by atoms with Crippen LogP contribution >= 0.6 is 0 Å². The van der Waals surface area contributed by atoms with Crippen LogP contribution in [0, 0.1) is 6.92 Å². The third-order valence-corrected chi connectivity index (χ3v) is 5.26. The number of ketones is 1. The smallest absolute Gasteiger partial charge is 0.295 e. The number of nitrogens with zero attached hydrogens (tertiary/aromatic N) is 4. The number of carbonyl (C=O) groups is 2. The van der Waals surface area contributed by atoms with Gasteiger partial charge in [-0.1, -0.05) is 29.8 Å². The third-order valence-electron chi connectivity index (χ3n) is 5.26. The van der Waals surface area contributed by atoms with Crippen LogP contribution in [0.1, 0.15) is 29.2 Å². The maximum Gasteiger partial charge on any atom is 0.295 e. The summed E-state index contributed by atoms with van der Waals surface area (Å²) in [6, 6.07) is 10.1. The van der Waals surface area contributed by atoms with Gasteiger partial charge in [0.1, 0.15) is 5.76 Å². The Balaban J connectivity index is 1.71. The monoisotopic (exact) mass is 402 g/mol. The number of aliphatic hydroxyl groups is 1. The molecule has 3 aromatic rings. The average Bonchev–Trinajstić information content (AvgIpc) is 3.37. The quantitative estimate of drug-likeness (QED) is 0.389. The molecule has 0 saturated carbocycles. The molecule has 1 fully saturated rings.